The lowest BCUT2D eigenvalue weighted by molar-refractivity contribution is 0.445. The number of benzene rings is 1. The van der Waals surface area contributed by atoms with E-state index in [1.165, 1.54) is 0 Å². The first-order chi connectivity index (χ1) is 10.0. The molecule has 21 heavy (non-hydrogen) atoms. The average Bonchev–Trinajstić information content (AvgIpc) is 2.85. The van der Waals surface area contributed by atoms with Crippen molar-refractivity contribution < 1.29 is 5.11 Å². The molecular formula is C16H17BrN2O2. The highest BCUT2D eigenvalue weighted by Crippen LogP contribution is 2.37. The maximum Gasteiger partial charge on any atom is 0.262 e. The molecular weight excluding hydrogens is 332 g/mol. The molecule has 0 bridgehead atoms. The van der Waals surface area contributed by atoms with Gasteiger partial charge in [0.05, 0.1) is 0 Å². The van der Waals surface area contributed by atoms with Crippen LogP contribution in [0.2, 0.25) is 0 Å². The highest BCUT2D eigenvalue weighted by atomic mass is 79.9. The van der Waals surface area contributed by atoms with Crippen LogP contribution >= 0.6 is 15.9 Å². The summed E-state index contributed by atoms with van der Waals surface area (Å²) in [7, 11) is 0. The minimum absolute atomic E-state index is 0.189. The molecule has 1 aliphatic carbocycles. The van der Waals surface area contributed by atoms with Gasteiger partial charge in [0.15, 0.2) is 0 Å². The van der Waals surface area contributed by atoms with Crippen molar-refractivity contribution in [2.75, 3.05) is 0 Å². The first-order valence-electron chi connectivity index (χ1n) is 7.13. The van der Waals surface area contributed by atoms with Gasteiger partial charge in [0.2, 0.25) is 5.88 Å². The van der Waals surface area contributed by atoms with E-state index in [1.807, 2.05) is 12.1 Å². The summed E-state index contributed by atoms with van der Waals surface area (Å²) in [5.74, 6) is 1.31. The summed E-state index contributed by atoms with van der Waals surface area (Å²) in [6.45, 7) is 2.20. The summed E-state index contributed by atoms with van der Waals surface area (Å²) in [5.41, 5.74) is 0.600. The van der Waals surface area contributed by atoms with Gasteiger partial charge in [-0.05, 0) is 42.9 Å². The van der Waals surface area contributed by atoms with Crippen LogP contribution in [-0.2, 0) is 0 Å². The minimum atomic E-state index is -0.282. The lowest BCUT2D eigenvalue weighted by atomic mass is 10.0. The van der Waals surface area contributed by atoms with Crippen LogP contribution in [0.25, 0.3) is 11.1 Å². The molecule has 2 atom stereocenters. The van der Waals surface area contributed by atoms with Crippen molar-refractivity contribution in [1.29, 1.82) is 0 Å². The monoisotopic (exact) mass is 348 g/mol. The van der Waals surface area contributed by atoms with Crippen molar-refractivity contribution in [2.45, 2.75) is 32.1 Å². The molecule has 0 amide bonds. The van der Waals surface area contributed by atoms with Crippen LogP contribution in [0.15, 0.2) is 33.5 Å². The first-order valence-corrected chi connectivity index (χ1v) is 7.93. The largest absolute Gasteiger partial charge is 0.493 e. The summed E-state index contributed by atoms with van der Waals surface area (Å²) in [4.78, 5) is 19.4. The topological polar surface area (TPSA) is 66.0 Å². The highest BCUT2D eigenvalue weighted by molar-refractivity contribution is 9.10. The van der Waals surface area contributed by atoms with E-state index >= 15 is 0 Å². The van der Waals surface area contributed by atoms with Gasteiger partial charge >= 0.3 is 0 Å². The molecule has 1 saturated carbocycles. The Labute approximate surface area is 131 Å². The van der Waals surface area contributed by atoms with Gasteiger partial charge in [-0.1, -0.05) is 35.0 Å². The number of hydrogen-bond donors (Lipinski definition) is 2. The zero-order valence-electron chi connectivity index (χ0n) is 11.8. The van der Waals surface area contributed by atoms with Gasteiger partial charge in [-0.3, -0.25) is 4.79 Å². The Morgan fingerprint density at radius 3 is 2.81 bits per heavy atom. The Morgan fingerprint density at radius 2 is 2.19 bits per heavy atom. The summed E-state index contributed by atoms with van der Waals surface area (Å²) in [6, 6.07) is 7.28. The Balaban J connectivity index is 2.03. The van der Waals surface area contributed by atoms with Gasteiger partial charge in [-0.15, -0.1) is 0 Å². The van der Waals surface area contributed by atoms with Crippen LogP contribution < -0.4 is 5.56 Å². The van der Waals surface area contributed by atoms with Crippen molar-refractivity contribution >= 4 is 15.9 Å². The van der Waals surface area contributed by atoms with E-state index in [9.17, 15) is 9.90 Å². The number of aromatic nitrogens is 2. The number of aromatic hydroxyl groups is 1. The second-order valence-corrected chi connectivity index (χ2v) is 6.69. The maximum absolute atomic E-state index is 12.3. The molecule has 1 fully saturated rings. The maximum atomic E-state index is 12.3. The predicted octanol–water partition coefficient (Wildman–Crippen LogP) is 3.81. The zero-order valence-corrected chi connectivity index (χ0v) is 13.4. The van der Waals surface area contributed by atoms with Crippen LogP contribution in [0.5, 0.6) is 5.88 Å². The summed E-state index contributed by atoms with van der Waals surface area (Å²) in [5, 5.41) is 10.2. The third-order valence-corrected chi connectivity index (χ3v) is 4.61. The van der Waals surface area contributed by atoms with Crippen LogP contribution in [0.1, 0.15) is 37.9 Å². The second-order valence-electron chi connectivity index (χ2n) is 5.78. The van der Waals surface area contributed by atoms with Crippen LogP contribution in [0, 0.1) is 5.92 Å². The molecule has 0 aliphatic heterocycles. The fraction of sp³-hybridized carbons (Fsp3) is 0.375. The Morgan fingerprint density at radius 1 is 1.38 bits per heavy atom. The normalized spacial score (nSPS) is 21.6. The molecule has 0 radical (unpaired) electrons. The van der Waals surface area contributed by atoms with Gasteiger partial charge < -0.3 is 10.1 Å². The molecule has 0 spiro atoms. The third-order valence-electron chi connectivity index (χ3n) is 4.11. The molecule has 2 N–H and O–H groups in total. The van der Waals surface area contributed by atoms with Crippen LogP contribution in [0.4, 0.5) is 0 Å². The fourth-order valence-electron chi connectivity index (χ4n) is 3.03. The molecule has 4 nitrogen and oxygen atoms in total. The van der Waals surface area contributed by atoms with Crippen molar-refractivity contribution in [2.24, 2.45) is 5.92 Å². The Hall–Kier alpha value is -1.62. The van der Waals surface area contributed by atoms with Crippen molar-refractivity contribution in [3.63, 3.8) is 0 Å². The van der Waals surface area contributed by atoms with E-state index in [2.05, 4.69) is 32.8 Å². The SMILES string of the molecule is CC1CCC(c2nc(O)c(-c3cccc(Br)c3)c(=O)[nH]2)C1. The fourth-order valence-corrected chi connectivity index (χ4v) is 3.43. The number of rotatable bonds is 2. The van der Waals surface area contributed by atoms with Gasteiger partial charge in [-0.25, -0.2) is 0 Å². The smallest absolute Gasteiger partial charge is 0.262 e. The predicted molar refractivity (Wildman–Crippen MR) is 85.4 cm³/mol. The number of hydrogen-bond acceptors (Lipinski definition) is 3. The van der Waals surface area contributed by atoms with Gasteiger partial charge in [-0.2, -0.15) is 4.98 Å². The van der Waals surface area contributed by atoms with E-state index in [4.69, 9.17) is 0 Å². The number of nitrogens with one attached hydrogen (secondary N) is 1. The Kier molecular flexibility index (Phi) is 3.85. The molecule has 2 aromatic rings. The van der Waals surface area contributed by atoms with E-state index in [0.29, 0.717) is 17.3 Å². The second kappa shape index (κ2) is 5.64. The quantitative estimate of drug-likeness (QED) is 0.867. The van der Waals surface area contributed by atoms with E-state index in [0.717, 1.165) is 23.7 Å². The summed E-state index contributed by atoms with van der Waals surface area (Å²) in [6.07, 6.45) is 3.17. The summed E-state index contributed by atoms with van der Waals surface area (Å²) >= 11 is 3.37. The highest BCUT2D eigenvalue weighted by Gasteiger charge is 2.26. The molecule has 1 aromatic heterocycles. The molecule has 2 unspecified atom stereocenters. The Bertz CT molecular complexity index is 726. The van der Waals surface area contributed by atoms with E-state index < -0.39 is 0 Å². The molecule has 5 heteroatoms. The van der Waals surface area contributed by atoms with Gasteiger partial charge in [0.1, 0.15) is 11.4 Å². The average molecular weight is 349 g/mol. The molecule has 1 heterocycles. The number of H-pyrrole nitrogens is 1. The standard InChI is InChI=1S/C16H17BrN2O2/c1-9-5-6-11(7-9)14-18-15(20)13(16(21)19-14)10-3-2-4-12(17)8-10/h2-4,8-9,11H,5-7H2,1H3,(H2,18,19,20,21). The van der Waals surface area contributed by atoms with Gasteiger partial charge in [0.25, 0.3) is 5.56 Å². The third kappa shape index (κ3) is 2.88. The zero-order chi connectivity index (χ0) is 15.0. The van der Waals surface area contributed by atoms with E-state index in [1.54, 1.807) is 12.1 Å². The lowest BCUT2D eigenvalue weighted by Crippen LogP contribution is -2.15. The first kappa shape index (κ1) is 14.3. The number of halogens is 1. The van der Waals surface area contributed by atoms with Crippen molar-refractivity contribution in [3.05, 3.63) is 44.9 Å². The minimum Gasteiger partial charge on any atom is -0.493 e. The van der Waals surface area contributed by atoms with Crippen LogP contribution in [0.3, 0.4) is 0 Å². The van der Waals surface area contributed by atoms with Crippen molar-refractivity contribution in [1.82, 2.24) is 9.97 Å². The van der Waals surface area contributed by atoms with Crippen LogP contribution in [-0.4, -0.2) is 15.1 Å². The number of nitrogens with zero attached hydrogens (tertiary/aromatic N) is 1. The molecule has 0 saturated heterocycles. The van der Waals surface area contributed by atoms with Crippen molar-refractivity contribution in [3.8, 4) is 17.0 Å². The molecule has 1 aliphatic rings. The molecule has 1 aromatic carbocycles. The molecule has 110 valence electrons. The lowest BCUT2D eigenvalue weighted by Gasteiger charge is -2.11. The summed E-state index contributed by atoms with van der Waals surface area (Å²) < 4.78 is 0.854. The number of aromatic amines is 1. The van der Waals surface area contributed by atoms with Gasteiger partial charge in [0, 0.05) is 10.4 Å². The molecule has 3 rings (SSSR count). The van der Waals surface area contributed by atoms with E-state index in [-0.39, 0.29) is 22.9 Å².